The van der Waals surface area contributed by atoms with E-state index in [2.05, 4.69) is 19.2 Å². The van der Waals surface area contributed by atoms with E-state index in [9.17, 15) is 0 Å². The lowest BCUT2D eigenvalue weighted by molar-refractivity contribution is -0.0731. The number of rotatable bonds is 4. The van der Waals surface area contributed by atoms with Gasteiger partial charge in [0.25, 0.3) is 0 Å². The van der Waals surface area contributed by atoms with Crippen molar-refractivity contribution in [2.75, 3.05) is 13.6 Å². The standard InChI is InChI=1S/C10H21NO/c1-9(2)12-10(8-11-3)6-4-5-7-10/h9,11H,4-8H2,1-3H3. The van der Waals surface area contributed by atoms with Gasteiger partial charge in [0.1, 0.15) is 0 Å². The highest BCUT2D eigenvalue weighted by atomic mass is 16.5. The lowest BCUT2D eigenvalue weighted by Gasteiger charge is -2.31. The maximum absolute atomic E-state index is 5.98. The third-order valence-corrected chi connectivity index (χ3v) is 2.50. The van der Waals surface area contributed by atoms with E-state index in [1.807, 2.05) is 7.05 Å². The van der Waals surface area contributed by atoms with Crippen molar-refractivity contribution in [2.24, 2.45) is 0 Å². The van der Waals surface area contributed by atoms with Gasteiger partial charge in [0, 0.05) is 6.54 Å². The Morgan fingerprint density at radius 3 is 2.33 bits per heavy atom. The Kier molecular flexibility index (Phi) is 3.53. The number of ether oxygens (including phenoxy) is 1. The van der Waals surface area contributed by atoms with Crippen LogP contribution in [0.15, 0.2) is 0 Å². The lowest BCUT2D eigenvalue weighted by atomic mass is 10.0. The molecule has 0 aromatic rings. The Labute approximate surface area is 75.7 Å². The van der Waals surface area contributed by atoms with E-state index in [0.29, 0.717) is 6.10 Å². The van der Waals surface area contributed by atoms with Gasteiger partial charge in [-0.25, -0.2) is 0 Å². The summed E-state index contributed by atoms with van der Waals surface area (Å²) in [6, 6.07) is 0. The van der Waals surface area contributed by atoms with Gasteiger partial charge in [-0.2, -0.15) is 0 Å². The SMILES string of the molecule is CNCC1(OC(C)C)CCCC1. The number of nitrogens with one attached hydrogen (secondary N) is 1. The van der Waals surface area contributed by atoms with Crippen molar-refractivity contribution < 1.29 is 4.74 Å². The van der Waals surface area contributed by atoms with E-state index in [4.69, 9.17) is 4.74 Å². The molecule has 0 saturated heterocycles. The first-order valence-electron chi connectivity index (χ1n) is 5.01. The largest absolute Gasteiger partial charge is 0.371 e. The first kappa shape index (κ1) is 10.0. The van der Waals surface area contributed by atoms with Crippen molar-refractivity contribution in [3.8, 4) is 0 Å². The fraction of sp³-hybridized carbons (Fsp3) is 1.00. The van der Waals surface area contributed by atoms with Crippen LogP contribution in [-0.4, -0.2) is 25.3 Å². The first-order chi connectivity index (χ1) is 5.68. The minimum absolute atomic E-state index is 0.156. The Balaban J connectivity index is 2.46. The van der Waals surface area contributed by atoms with Crippen molar-refractivity contribution >= 4 is 0 Å². The molecule has 0 aliphatic heterocycles. The maximum atomic E-state index is 5.98. The average molecular weight is 171 g/mol. The molecule has 0 heterocycles. The molecule has 1 saturated carbocycles. The molecular formula is C10H21NO. The molecule has 1 rings (SSSR count). The van der Waals surface area contributed by atoms with Gasteiger partial charge in [-0.15, -0.1) is 0 Å². The van der Waals surface area contributed by atoms with Crippen LogP contribution >= 0.6 is 0 Å². The van der Waals surface area contributed by atoms with Crippen molar-refractivity contribution in [3.63, 3.8) is 0 Å². The number of hydrogen-bond donors (Lipinski definition) is 1. The predicted molar refractivity (Wildman–Crippen MR) is 51.3 cm³/mol. The molecule has 1 fully saturated rings. The van der Waals surface area contributed by atoms with Crippen LogP contribution in [0.5, 0.6) is 0 Å². The van der Waals surface area contributed by atoms with Gasteiger partial charge >= 0.3 is 0 Å². The normalized spacial score (nSPS) is 22.0. The highest BCUT2D eigenvalue weighted by molar-refractivity contribution is 4.88. The summed E-state index contributed by atoms with van der Waals surface area (Å²) in [7, 11) is 2.00. The zero-order chi connectivity index (χ0) is 9.03. The van der Waals surface area contributed by atoms with Gasteiger partial charge in [-0.05, 0) is 33.7 Å². The molecule has 1 aliphatic carbocycles. The molecule has 2 nitrogen and oxygen atoms in total. The fourth-order valence-electron chi connectivity index (χ4n) is 2.18. The molecule has 1 aliphatic rings. The van der Waals surface area contributed by atoms with Gasteiger partial charge in [0.05, 0.1) is 11.7 Å². The van der Waals surface area contributed by atoms with Crippen LogP contribution in [0.25, 0.3) is 0 Å². The Bertz CT molecular complexity index is 128. The predicted octanol–water partition coefficient (Wildman–Crippen LogP) is 1.94. The molecule has 0 aromatic heterocycles. The van der Waals surface area contributed by atoms with E-state index in [1.54, 1.807) is 0 Å². The van der Waals surface area contributed by atoms with Crippen LogP contribution in [-0.2, 0) is 4.74 Å². The summed E-state index contributed by atoms with van der Waals surface area (Å²) >= 11 is 0. The topological polar surface area (TPSA) is 21.3 Å². The zero-order valence-electron chi connectivity index (χ0n) is 8.52. The highest BCUT2D eigenvalue weighted by Gasteiger charge is 2.34. The van der Waals surface area contributed by atoms with Gasteiger partial charge in [0.2, 0.25) is 0 Å². The minimum Gasteiger partial charge on any atom is -0.371 e. The molecule has 0 bridgehead atoms. The van der Waals surface area contributed by atoms with Gasteiger partial charge in [-0.1, -0.05) is 12.8 Å². The monoisotopic (exact) mass is 171 g/mol. The van der Waals surface area contributed by atoms with Gasteiger partial charge in [-0.3, -0.25) is 0 Å². The maximum Gasteiger partial charge on any atom is 0.0809 e. The molecule has 12 heavy (non-hydrogen) atoms. The Morgan fingerprint density at radius 2 is 1.92 bits per heavy atom. The van der Waals surface area contributed by atoms with Crippen molar-refractivity contribution in [3.05, 3.63) is 0 Å². The third-order valence-electron chi connectivity index (χ3n) is 2.50. The zero-order valence-corrected chi connectivity index (χ0v) is 8.52. The fourth-order valence-corrected chi connectivity index (χ4v) is 2.18. The first-order valence-corrected chi connectivity index (χ1v) is 5.01. The number of hydrogen-bond acceptors (Lipinski definition) is 2. The molecule has 72 valence electrons. The summed E-state index contributed by atoms with van der Waals surface area (Å²) in [5, 5.41) is 3.23. The summed E-state index contributed by atoms with van der Waals surface area (Å²) < 4.78 is 5.98. The molecule has 0 spiro atoms. The van der Waals surface area contributed by atoms with Crippen LogP contribution in [0.4, 0.5) is 0 Å². The van der Waals surface area contributed by atoms with Crippen LogP contribution in [0.2, 0.25) is 0 Å². The molecule has 2 heteroatoms. The Hall–Kier alpha value is -0.0800. The van der Waals surface area contributed by atoms with Crippen molar-refractivity contribution in [1.29, 1.82) is 0 Å². The second-order valence-electron chi connectivity index (χ2n) is 4.09. The van der Waals surface area contributed by atoms with E-state index in [1.165, 1.54) is 25.7 Å². The second kappa shape index (κ2) is 4.24. The van der Waals surface area contributed by atoms with Crippen molar-refractivity contribution in [1.82, 2.24) is 5.32 Å². The molecular weight excluding hydrogens is 150 g/mol. The van der Waals surface area contributed by atoms with E-state index >= 15 is 0 Å². The molecule has 1 N–H and O–H groups in total. The van der Waals surface area contributed by atoms with Crippen LogP contribution < -0.4 is 5.32 Å². The van der Waals surface area contributed by atoms with Crippen LogP contribution in [0.3, 0.4) is 0 Å². The quantitative estimate of drug-likeness (QED) is 0.698. The summed E-state index contributed by atoms with van der Waals surface area (Å²) in [6.45, 7) is 5.25. The molecule has 0 unspecified atom stereocenters. The minimum atomic E-state index is 0.156. The third kappa shape index (κ3) is 2.46. The number of likely N-dealkylation sites (N-methyl/N-ethyl adjacent to an activating group) is 1. The van der Waals surface area contributed by atoms with Crippen LogP contribution in [0, 0.1) is 0 Å². The van der Waals surface area contributed by atoms with Crippen molar-refractivity contribution in [2.45, 2.75) is 51.2 Å². The lowest BCUT2D eigenvalue weighted by Crippen LogP contribution is -2.41. The molecule has 0 atom stereocenters. The van der Waals surface area contributed by atoms with Gasteiger partial charge in [0.15, 0.2) is 0 Å². The summed E-state index contributed by atoms with van der Waals surface area (Å²) in [6.07, 6.45) is 5.47. The molecule has 0 amide bonds. The molecule has 0 radical (unpaired) electrons. The van der Waals surface area contributed by atoms with E-state index < -0.39 is 0 Å². The summed E-state index contributed by atoms with van der Waals surface area (Å²) in [5.41, 5.74) is 0.156. The highest BCUT2D eigenvalue weighted by Crippen LogP contribution is 2.33. The van der Waals surface area contributed by atoms with E-state index in [0.717, 1.165) is 6.54 Å². The smallest absolute Gasteiger partial charge is 0.0809 e. The van der Waals surface area contributed by atoms with Crippen LogP contribution in [0.1, 0.15) is 39.5 Å². The Morgan fingerprint density at radius 1 is 1.33 bits per heavy atom. The van der Waals surface area contributed by atoms with E-state index in [-0.39, 0.29) is 5.60 Å². The average Bonchev–Trinajstić information content (AvgIpc) is 2.36. The summed E-state index contributed by atoms with van der Waals surface area (Å²) in [4.78, 5) is 0. The summed E-state index contributed by atoms with van der Waals surface area (Å²) in [5.74, 6) is 0. The molecule has 0 aromatic carbocycles. The van der Waals surface area contributed by atoms with Gasteiger partial charge < -0.3 is 10.1 Å². The second-order valence-corrected chi connectivity index (χ2v) is 4.09.